The number of rotatable bonds is 0. The quantitative estimate of drug-likeness (QED) is 0.561. The first-order valence-corrected chi connectivity index (χ1v) is 3.24. The highest BCUT2D eigenvalue weighted by Crippen LogP contribution is 2.13. The molecular formula is C9H7N. The Morgan fingerprint density at radius 2 is 2.10 bits per heavy atom. The molecule has 2 radical (unpaired) electrons. The summed E-state index contributed by atoms with van der Waals surface area (Å²) in [6.07, 6.45) is 3.91. The third-order valence-corrected chi connectivity index (χ3v) is 1.51. The van der Waals surface area contributed by atoms with E-state index in [1.807, 2.05) is 30.5 Å². The topological polar surface area (TPSA) is 12.0 Å². The van der Waals surface area contributed by atoms with Crippen LogP contribution in [0.15, 0.2) is 30.5 Å². The maximum Gasteiger partial charge on any atom is 0.123 e. The molecular weight excluding hydrogens is 122 g/mol. The monoisotopic (exact) mass is 129 g/mol. The summed E-state index contributed by atoms with van der Waals surface area (Å²) in [4.78, 5) is 0. The predicted octanol–water partition coefficient (Wildman–Crippen LogP) is 1.65. The van der Waals surface area contributed by atoms with Gasteiger partial charge in [0, 0.05) is 0 Å². The average molecular weight is 129 g/mol. The van der Waals surface area contributed by atoms with E-state index in [1.165, 1.54) is 5.56 Å². The Morgan fingerprint density at radius 1 is 1.20 bits per heavy atom. The van der Waals surface area contributed by atoms with Crippen molar-refractivity contribution in [3.63, 3.8) is 0 Å². The van der Waals surface area contributed by atoms with Gasteiger partial charge in [0.1, 0.15) is 6.54 Å². The van der Waals surface area contributed by atoms with E-state index < -0.39 is 0 Å². The molecule has 1 aliphatic heterocycles. The molecule has 1 aromatic carbocycles. The Morgan fingerprint density at radius 3 is 3.00 bits per heavy atom. The third-order valence-electron chi connectivity index (χ3n) is 1.51. The minimum absolute atomic E-state index is 1.13. The molecule has 48 valence electrons. The van der Waals surface area contributed by atoms with E-state index in [0.717, 1.165) is 5.56 Å². The molecule has 10 heavy (non-hydrogen) atoms. The minimum atomic E-state index is 1.13. The van der Waals surface area contributed by atoms with Crippen LogP contribution in [0.25, 0.3) is 6.08 Å². The zero-order chi connectivity index (χ0) is 6.81. The van der Waals surface area contributed by atoms with E-state index in [1.54, 1.807) is 0 Å². The van der Waals surface area contributed by atoms with Crippen molar-refractivity contribution >= 4 is 6.08 Å². The van der Waals surface area contributed by atoms with Crippen molar-refractivity contribution in [2.45, 2.75) is 0 Å². The van der Waals surface area contributed by atoms with Gasteiger partial charge in [-0.2, -0.15) is 0 Å². The number of fused-ring (bicyclic) bond motifs is 1. The second kappa shape index (κ2) is 2.18. The molecule has 1 heterocycles. The fourth-order valence-corrected chi connectivity index (χ4v) is 1.01. The van der Waals surface area contributed by atoms with E-state index in [2.05, 4.69) is 17.9 Å². The summed E-state index contributed by atoms with van der Waals surface area (Å²) in [6, 6.07) is 8.13. The van der Waals surface area contributed by atoms with Crippen LogP contribution in [-0.2, 0) is 0 Å². The Balaban J connectivity index is 2.54. The second-order valence-corrected chi connectivity index (χ2v) is 2.19. The van der Waals surface area contributed by atoms with E-state index in [9.17, 15) is 0 Å². The first-order valence-electron chi connectivity index (χ1n) is 3.24. The van der Waals surface area contributed by atoms with E-state index >= 15 is 0 Å². The van der Waals surface area contributed by atoms with Crippen LogP contribution in [0.3, 0.4) is 0 Å². The number of hydrogen-bond acceptors (Lipinski definition) is 1. The normalized spacial score (nSPS) is 14.0. The molecule has 0 saturated carbocycles. The van der Waals surface area contributed by atoms with Gasteiger partial charge in [0.05, 0.1) is 0 Å². The van der Waals surface area contributed by atoms with Crippen LogP contribution in [0.4, 0.5) is 0 Å². The summed E-state index contributed by atoms with van der Waals surface area (Å²) in [7, 11) is 0. The second-order valence-electron chi connectivity index (χ2n) is 2.19. The van der Waals surface area contributed by atoms with Gasteiger partial charge in [-0.05, 0) is 23.4 Å². The molecule has 2 rings (SSSR count). The molecule has 0 spiro atoms. The van der Waals surface area contributed by atoms with Crippen LogP contribution in [0.2, 0.25) is 0 Å². The van der Waals surface area contributed by atoms with Gasteiger partial charge in [0.2, 0.25) is 0 Å². The van der Waals surface area contributed by atoms with Crippen molar-refractivity contribution in [1.82, 2.24) is 5.32 Å². The molecule has 0 bridgehead atoms. The predicted molar refractivity (Wildman–Crippen MR) is 41.0 cm³/mol. The number of hydrogen-bond donors (Lipinski definition) is 1. The molecule has 1 heteroatoms. The Labute approximate surface area is 60.4 Å². The minimum Gasteiger partial charge on any atom is -0.377 e. The lowest BCUT2D eigenvalue weighted by molar-refractivity contribution is 1.07. The van der Waals surface area contributed by atoms with Crippen molar-refractivity contribution in [2.75, 3.05) is 0 Å². The smallest absolute Gasteiger partial charge is 0.123 e. The highest BCUT2D eigenvalue weighted by Gasteiger charge is 2.01. The lowest BCUT2D eigenvalue weighted by Crippen LogP contribution is -2.06. The third kappa shape index (κ3) is 0.798. The standard InChI is InChI=1S/C9H7N/c1-2-4-9-7-10-6-5-8(9)3-1/h1-6,10H. The molecule has 0 unspecified atom stereocenters. The van der Waals surface area contributed by atoms with Gasteiger partial charge in [0.15, 0.2) is 0 Å². The zero-order valence-electron chi connectivity index (χ0n) is 5.46. The Hall–Kier alpha value is -1.24. The maximum atomic E-state index is 3.03. The van der Waals surface area contributed by atoms with E-state index in [4.69, 9.17) is 0 Å². The lowest BCUT2D eigenvalue weighted by Gasteiger charge is -2.08. The van der Waals surface area contributed by atoms with E-state index in [0.29, 0.717) is 0 Å². The van der Waals surface area contributed by atoms with Crippen LogP contribution in [0.5, 0.6) is 0 Å². The van der Waals surface area contributed by atoms with Gasteiger partial charge in [-0.1, -0.05) is 24.3 Å². The van der Waals surface area contributed by atoms with Crippen LogP contribution >= 0.6 is 0 Å². The van der Waals surface area contributed by atoms with Gasteiger partial charge in [-0.25, -0.2) is 0 Å². The average Bonchev–Trinajstić information content (AvgIpc) is 2.05. The van der Waals surface area contributed by atoms with Crippen LogP contribution in [0.1, 0.15) is 11.1 Å². The molecule has 0 saturated heterocycles. The van der Waals surface area contributed by atoms with Gasteiger partial charge in [-0.15, -0.1) is 0 Å². The molecule has 0 amide bonds. The van der Waals surface area contributed by atoms with Crippen molar-refractivity contribution in [3.05, 3.63) is 48.1 Å². The highest BCUT2D eigenvalue weighted by molar-refractivity contribution is 5.58. The van der Waals surface area contributed by atoms with Crippen molar-refractivity contribution in [1.29, 1.82) is 0 Å². The molecule has 0 atom stereocenters. The van der Waals surface area contributed by atoms with Gasteiger partial charge >= 0.3 is 0 Å². The summed E-state index contributed by atoms with van der Waals surface area (Å²) in [5.41, 5.74) is 2.35. The Kier molecular flexibility index (Phi) is 1.21. The van der Waals surface area contributed by atoms with Crippen molar-refractivity contribution in [3.8, 4) is 0 Å². The maximum absolute atomic E-state index is 3.03. The van der Waals surface area contributed by atoms with Crippen molar-refractivity contribution in [2.24, 2.45) is 0 Å². The van der Waals surface area contributed by atoms with Crippen LogP contribution in [-0.4, -0.2) is 0 Å². The summed E-state index contributed by atoms with van der Waals surface area (Å²) >= 11 is 0. The first kappa shape index (κ1) is 5.54. The fraction of sp³-hybridized carbons (Fsp3) is 0. The van der Waals surface area contributed by atoms with Gasteiger partial charge in [-0.3, -0.25) is 0 Å². The molecule has 0 aromatic heterocycles. The van der Waals surface area contributed by atoms with Gasteiger partial charge < -0.3 is 5.32 Å². The lowest BCUT2D eigenvalue weighted by atomic mass is 10.1. The zero-order valence-corrected chi connectivity index (χ0v) is 5.46. The largest absolute Gasteiger partial charge is 0.377 e. The van der Waals surface area contributed by atoms with Gasteiger partial charge in [0.25, 0.3) is 0 Å². The number of nitrogens with one attached hydrogen (secondary N) is 1. The first-order chi connectivity index (χ1) is 4.97. The Bertz CT molecular complexity index is 263. The highest BCUT2D eigenvalue weighted by atomic mass is 14.8. The molecule has 1 N–H and O–H groups in total. The molecule has 1 aromatic rings. The van der Waals surface area contributed by atoms with Crippen LogP contribution in [0, 0.1) is 6.54 Å². The molecule has 1 aliphatic rings. The summed E-state index contributed by atoms with van der Waals surface area (Å²) in [6.45, 7) is 3.03. The SMILES string of the molecule is [C]1NC=Cc2ccccc21. The summed E-state index contributed by atoms with van der Waals surface area (Å²) < 4.78 is 0. The fourth-order valence-electron chi connectivity index (χ4n) is 1.01. The van der Waals surface area contributed by atoms with Crippen LogP contribution < -0.4 is 5.32 Å². The number of benzene rings is 1. The molecule has 0 aliphatic carbocycles. The van der Waals surface area contributed by atoms with E-state index in [-0.39, 0.29) is 0 Å². The summed E-state index contributed by atoms with van der Waals surface area (Å²) in [5, 5.41) is 2.91. The molecule has 1 nitrogen and oxygen atoms in total. The van der Waals surface area contributed by atoms with Crippen molar-refractivity contribution < 1.29 is 0 Å². The summed E-state index contributed by atoms with van der Waals surface area (Å²) in [5.74, 6) is 0. The molecule has 0 fully saturated rings.